The fourth-order valence-electron chi connectivity index (χ4n) is 0.989. The molecule has 0 amide bonds. The lowest BCUT2D eigenvalue weighted by molar-refractivity contribution is -0.143. The molecule has 0 spiro atoms. The standard InChI is InChI=1S/C10H13NO2/c1-8-4-2-3-5-9(8)7-13-10(12)6-11/h2-5H,6-7,11H2,1H3. The van der Waals surface area contributed by atoms with Gasteiger partial charge in [0, 0.05) is 0 Å². The van der Waals surface area contributed by atoms with Crippen molar-refractivity contribution in [2.24, 2.45) is 5.73 Å². The topological polar surface area (TPSA) is 52.3 Å². The van der Waals surface area contributed by atoms with Gasteiger partial charge in [-0.2, -0.15) is 0 Å². The lowest BCUT2D eigenvalue weighted by Crippen LogP contribution is -2.16. The molecule has 0 saturated heterocycles. The molecule has 0 atom stereocenters. The number of ether oxygens (including phenoxy) is 1. The third-order valence-electron chi connectivity index (χ3n) is 1.82. The third-order valence-corrected chi connectivity index (χ3v) is 1.82. The largest absolute Gasteiger partial charge is 0.460 e. The quantitative estimate of drug-likeness (QED) is 0.704. The van der Waals surface area contributed by atoms with Gasteiger partial charge in [-0.25, -0.2) is 0 Å². The third kappa shape index (κ3) is 2.87. The Kier molecular flexibility index (Phi) is 3.46. The zero-order chi connectivity index (χ0) is 9.68. The van der Waals surface area contributed by atoms with Crippen molar-refractivity contribution in [2.45, 2.75) is 13.5 Å². The van der Waals surface area contributed by atoms with E-state index in [2.05, 4.69) is 0 Å². The van der Waals surface area contributed by atoms with Gasteiger partial charge >= 0.3 is 5.97 Å². The summed E-state index contributed by atoms with van der Waals surface area (Å²) in [5, 5.41) is 0. The molecule has 0 fully saturated rings. The minimum atomic E-state index is -0.372. The van der Waals surface area contributed by atoms with E-state index in [9.17, 15) is 4.79 Å². The summed E-state index contributed by atoms with van der Waals surface area (Å²) in [4.78, 5) is 10.7. The van der Waals surface area contributed by atoms with Crippen molar-refractivity contribution >= 4 is 5.97 Å². The molecule has 0 aliphatic rings. The highest BCUT2D eigenvalue weighted by molar-refractivity contribution is 5.71. The summed E-state index contributed by atoms with van der Waals surface area (Å²) in [5.74, 6) is -0.372. The molecule has 0 heterocycles. The molecule has 0 aliphatic heterocycles. The Morgan fingerprint density at radius 3 is 2.77 bits per heavy atom. The van der Waals surface area contributed by atoms with Crippen molar-refractivity contribution in [1.29, 1.82) is 0 Å². The number of hydrogen-bond acceptors (Lipinski definition) is 3. The van der Waals surface area contributed by atoms with E-state index in [1.807, 2.05) is 31.2 Å². The number of carbonyl (C=O) groups excluding carboxylic acids is 1. The Labute approximate surface area is 77.5 Å². The second-order valence-corrected chi connectivity index (χ2v) is 2.79. The number of nitrogens with two attached hydrogens (primary N) is 1. The summed E-state index contributed by atoms with van der Waals surface area (Å²) in [5.41, 5.74) is 7.24. The predicted molar refractivity (Wildman–Crippen MR) is 50.0 cm³/mol. The van der Waals surface area contributed by atoms with Crippen LogP contribution in [0.3, 0.4) is 0 Å². The minimum absolute atomic E-state index is 0.0636. The van der Waals surface area contributed by atoms with Gasteiger partial charge in [-0.3, -0.25) is 4.79 Å². The van der Waals surface area contributed by atoms with E-state index >= 15 is 0 Å². The maximum atomic E-state index is 10.7. The molecule has 2 N–H and O–H groups in total. The van der Waals surface area contributed by atoms with Crippen LogP contribution in [-0.4, -0.2) is 12.5 Å². The Balaban J connectivity index is 2.54. The number of benzene rings is 1. The van der Waals surface area contributed by atoms with Crippen LogP contribution in [0, 0.1) is 6.92 Å². The van der Waals surface area contributed by atoms with Crippen molar-refractivity contribution in [3.63, 3.8) is 0 Å². The van der Waals surface area contributed by atoms with Crippen LogP contribution in [0.5, 0.6) is 0 Å². The molecule has 1 rings (SSSR count). The van der Waals surface area contributed by atoms with Crippen LogP contribution in [0.15, 0.2) is 24.3 Å². The van der Waals surface area contributed by atoms with Gasteiger partial charge in [0.15, 0.2) is 0 Å². The van der Waals surface area contributed by atoms with Gasteiger partial charge in [-0.1, -0.05) is 24.3 Å². The van der Waals surface area contributed by atoms with Gasteiger partial charge < -0.3 is 10.5 Å². The highest BCUT2D eigenvalue weighted by Crippen LogP contribution is 2.07. The van der Waals surface area contributed by atoms with E-state index in [-0.39, 0.29) is 12.5 Å². The number of esters is 1. The molecule has 0 aromatic heterocycles. The van der Waals surface area contributed by atoms with E-state index in [4.69, 9.17) is 10.5 Å². The molecule has 1 aromatic rings. The van der Waals surface area contributed by atoms with Crippen LogP contribution in [-0.2, 0) is 16.1 Å². The van der Waals surface area contributed by atoms with E-state index in [1.165, 1.54) is 0 Å². The van der Waals surface area contributed by atoms with Crippen LogP contribution < -0.4 is 5.73 Å². The van der Waals surface area contributed by atoms with Gasteiger partial charge in [-0.15, -0.1) is 0 Å². The van der Waals surface area contributed by atoms with Crippen LogP contribution in [0.25, 0.3) is 0 Å². The first kappa shape index (κ1) is 9.74. The normalized spacial score (nSPS) is 9.69. The van der Waals surface area contributed by atoms with E-state index in [0.717, 1.165) is 11.1 Å². The molecule has 3 nitrogen and oxygen atoms in total. The van der Waals surface area contributed by atoms with E-state index in [1.54, 1.807) is 0 Å². The van der Waals surface area contributed by atoms with Gasteiger partial charge in [0.2, 0.25) is 0 Å². The number of hydrogen-bond donors (Lipinski definition) is 1. The molecule has 0 unspecified atom stereocenters. The molecule has 0 saturated carbocycles. The molecular weight excluding hydrogens is 166 g/mol. The Hall–Kier alpha value is -1.35. The molecule has 3 heteroatoms. The van der Waals surface area contributed by atoms with E-state index < -0.39 is 0 Å². The Bertz CT molecular complexity index is 297. The molecule has 0 aliphatic carbocycles. The lowest BCUT2D eigenvalue weighted by Gasteiger charge is -2.05. The molecular formula is C10H13NO2. The molecule has 13 heavy (non-hydrogen) atoms. The second-order valence-electron chi connectivity index (χ2n) is 2.79. The SMILES string of the molecule is Cc1ccccc1COC(=O)CN. The second kappa shape index (κ2) is 4.62. The molecule has 70 valence electrons. The summed E-state index contributed by atoms with van der Waals surface area (Å²) in [7, 11) is 0. The van der Waals surface area contributed by atoms with Crippen LogP contribution in [0.2, 0.25) is 0 Å². The van der Waals surface area contributed by atoms with Gasteiger partial charge in [0.25, 0.3) is 0 Å². The van der Waals surface area contributed by atoms with Crippen molar-refractivity contribution in [3.8, 4) is 0 Å². The molecule has 1 aromatic carbocycles. The van der Waals surface area contributed by atoms with Gasteiger partial charge in [0.1, 0.15) is 6.61 Å². The maximum Gasteiger partial charge on any atom is 0.320 e. The fraction of sp³-hybridized carbons (Fsp3) is 0.300. The van der Waals surface area contributed by atoms with E-state index in [0.29, 0.717) is 6.61 Å². The fourth-order valence-corrected chi connectivity index (χ4v) is 0.989. The van der Waals surface area contributed by atoms with Gasteiger partial charge in [-0.05, 0) is 18.1 Å². The summed E-state index contributed by atoms with van der Waals surface area (Å²) in [6.45, 7) is 2.22. The van der Waals surface area contributed by atoms with Crippen molar-refractivity contribution in [1.82, 2.24) is 0 Å². The molecule has 0 radical (unpaired) electrons. The number of rotatable bonds is 3. The van der Waals surface area contributed by atoms with Crippen LogP contribution in [0.1, 0.15) is 11.1 Å². The summed E-state index contributed by atoms with van der Waals surface area (Å²) >= 11 is 0. The van der Waals surface area contributed by atoms with Crippen molar-refractivity contribution < 1.29 is 9.53 Å². The summed E-state index contributed by atoms with van der Waals surface area (Å²) in [6.07, 6.45) is 0. The van der Waals surface area contributed by atoms with Crippen molar-refractivity contribution in [3.05, 3.63) is 35.4 Å². The maximum absolute atomic E-state index is 10.7. The zero-order valence-corrected chi connectivity index (χ0v) is 7.62. The lowest BCUT2D eigenvalue weighted by atomic mass is 10.1. The van der Waals surface area contributed by atoms with Gasteiger partial charge in [0.05, 0.1) is 6.54 Å². The Morgan fingerprint density at radius 2 is 2.15 bits per heavy atom. The van der Waals surface area contributed by atoms with Crippen molar-refractivity contribution in [2.75, 3.05) is 6.54 Å². The average Bonchev–Trinajstić information content (AvgIpc) is 2.16. The molecule has 0 bridgehead atoms. The average molecular weight is 179 g/mol. The zero-order valence-electron chi connectivity index (χ0n) is 7.62. The highest BCUT2D eigenvalue weighted by Gasteiger charge is 2.01. The predicted octanol–water partition coefficient (Wildman–Crippen LogP) is 0.997. The first-order chi connectivity index (χ1) is 6.24. The first-order valence-electron chi connectivity index (χ1n) is 4.14. The van der Waals surface area contributed by atoms with Crippen LogP contribution in [0.4, 0.5) is 0 Å². The monoisotopic (exact) mass is 179 g/mol. The summed E-state index contributed by atoms with van der Waals surface area (Å²) in [6, 6.07) is 7.77. The first-order valence-corrected chi connectivity index (χ1v) is 4.14. The van der Waals surface area contributed by atoms with Crippen LogP contribution >= 0.6 is 0 Å². The Morgan fingerprint density at radius 1 is 1.46 bits per heavy atom. The number of carbonyl (C=O) groups is 1. The highest BCUT2D eigenvalue weighted by atomic mass is 16.5. The summed E-state index contributed by atoms with van der Waals surface area (Å²) < 4.78 is 4.89. The number of aryl methyl sites for hydroxylation is 1. The minimum Gasteiger partial charge on any atom is -0.460 e. The smallest absolute Gasteiger partial charge is 0.320 e.